The van der Waals surface area contributed by atoms with Crippen molar-refractivity contribution in [3.05, 3.63) is 71.5 Å². The van der Waals surface area contributed by atoms with Gasteiger partial charge in [-0.1, -0.05) is 42.5 Å². The third-order valence-corrected chi connectivity index (χ3v) is 8.71. The van der Waals surface area contributed by atoms with Gasteiger partial charge in [-0.15, -0.1) is 0 Å². The summed E-state index contributed by atoms with van der Waals surface area (Å²) >= 11 is 0. The molecule has 2 aromatic carbocycles. The number of benzene rings is 2. The Morgan fingerprint density at radius 1 is 1.00 bits per heavy atom. The minimum Gasteiger partial charge on any atom is -0.446 e. The first-order chi connectivity index (χ1) is 17.4. The third kappa shape index (κ3) is 5.28. The number of hydrogen-bond donors (Lipinski definition) is 1. The number of carbonyl (C=O) groups is 1. The maximum absolute atomic E-state index is 14.7. The van der Waals surface area contributed by atoms with Crippen molar-refractivity contribution in [2.24, 2.45) is 17.6 Å². The maximum Gasteiger partial charge on any atom is 0.404 e. The van der Waals surface area contributed by atoms with Crippen molar-refractivity contribution in [1.29, 1.82) is 0 Å². The summed E-state index contributed by atoms with van der Waals surface area (Å²) in [6.07, 6.45) is 2.59. The largest absolute Gasteiger partial charge is 0.446 e. The first-order valence-electron chi connectivity index (χ1n) is 13.3. The van der Waals surface area contributed by atoms with Crippen LogP contribution in [0.1, 0.15) is 43.2 Å². The monoisotopic (exact) mass is 497 g/mol. The number of nitrogens with zero attached hydrogens (tertiary/aromatic N) is 2. The van der Waals surface area contributed by atoms with Gasteiger partial charge in [0.2, 0.25) is 0 Å². The molecule has 0 radical (unpaired) electrons. The molecule has 1 saturated carbocycles. The van der Waals surface area contributed by atoms with Gasteiger partial charge in [-0.05, 0) is 74.4 Å². The number of nitrogens with two attached hydrogens (primary N) is 1. The van der Waals surface area contributed by atoms with Gasteiger partial charge >= 0.3 is 6.09 Å². The fraction of sp³-hybridized carbons (Fsp3) is 0.552. The van der Waals surface area contributed by atoms with Gasteiger partial charge in [0, 0.05) is 37.5 Å². The number of carbonyl (C=O) groups excluding carboxylic acids is 1. The standard InChI is InChI=1S/C29H37F2N3O2/c30-24-9-4-8-23(16-24)29(20-34-18-25(31)19-34,26-10-5-11-27(26)36-28(32)35)22-12-14-33(15-13-22)17-21-6-2-1-3-7-21/h1-4,6-9,16,22,25-27H,5,10-15,17-20H2,(H2,32,35)/t26-,27-,29?/m0/s1. The van der Waals surface area contributed by atoms with Crippen molar-refractivity contribution in [3.8, 4) is 0 Å². The fourth-order valence-electron chi connectivity index (χ4n) is 7.13. The zero-order chi connectivity index (χ0) is 25.1. The molecule has 194 valence electrons. The lowest BCUT2D eigenvalue weighted by molar-refractivity contribution is -0.0312. The highest BCUT2D eigenvalue weighted by molar-refractivity contribution is 5.65. The van der Waals surface area contributed by atoms with Gasteiger partial charge in [0.15, 0.2) is 0 Å². The summed E-state index contributed by atoms with van der Waals surface area (Å²) in [5, 5.41) is 0. The van der Waals surface area contributed by atoms with Crippen LogP contribution in [0.4, 0.5) is 13.6 Å². The van der Waals surface area contributed by atoms with Crippen LogP contribution in [0.2, 0.25) is 0 Å². The highest BCUT2D eigenvalue weighted by Gasteiger charge is 2.54. The Kier molecular flexibility index (Phi) is 7.58. The molecule has 5 rings (SSSR count). The fourth-order valence-corrected chi connectivity index (χ4v) is 7.13. The van der Waals surface area contributed by atoms with Crippen LogP contribution in [0.15, 0.2) is 54.6 Å². The second-order valence-corrected chi connectivity index (χ2v) is 10.9. The van der Waals surface area contributed by atoms with E-state index in [0.717, 1.165) is 57.3 Å². The zero-order valence-electron chi connectivity index (χ0n) is 20.8. The first kappa shape index (κ1) is 25.2. The summed E-state index contributed by atoms with van der Waals surface area (Å²) in [5.41, 5.74) is 7.27. The van der Waals surface area contributed by atoms with Gasteiger partial charge in [0.1, 0.15) is 18.1 Å². The zero-order valence-corrected chi connectivity index (χ0v) is 20.8. The predicted octanol–water partition coefficient (Wildman–Crippen LogP) is 4.89. The average molecular weight is 498 g/mol. The molecule has 1 aliphatic carbocycles. The lowest BCUT2D eigenvalue weighted by Gasteiger charge is -2.53. The van der Waals surface area contributed by atoms with Gasteiger partial charge in [0.25, 0.3) is 0 Å². The summed E-state index contributed by atoms with van der Waals surface area (Å²) in [5.74, 6) is -0.000992. The molecule has 0 bridgehead atoms. The number of amides is 1. The second-order valence-electron chi connectivity index (χ2n) is 10.9. The number of rotatable bonds is 8. The Bertz CT molecular complexity index is 1020. The van der Waals surface area contributed by atoms with E-state index >= 15 is 0 Å². The van der Waals surface area contributed by atoms with Crippen LogP contribution >= 0.6 is 0 Å². The summed E-state index contributed by atoms with van der Waals surface area (Å²) < 4.78 is 34.3. The molecule has 0 aromatic heterocycles. The van der Waals surface area contributed by atoms with E-state index in [1.54, 1.807) is 12.1 Å². The Balaban J connectivity index is 1.47. The number of ether oxygens (including phenoxy) is 1. The van der Waals surface area contributed by atoms with Crippen LogP contribution in [0.3, 0.4) is 0 Å². The van der Waals surface area contributed by atoms with Crippen LogP contribution in [0.5, 0.6) is 0 Å². The summed E-state index contributed by atoms with van der Waals surface area (Å²) in [7, 11) is 0. The Hall–Kier alpha value is -2.51. The summed E-state index contributed by atoms with van der Waals surface area (Å²) in [6.45, 7) is 4.24. The highest BCUT2D eigenvalue weighted by atomic mass is 19.1. The van der Waals surface area contributed by atoms with Gasteiger partial charge in [-0.3, -0.25) is 9.80 Å². The SMILES string of the molecule is NC(=O)O[C@H]1CCC[C@@H]1C(CN1CC(F)C1)(c1cccc(F)c1)C1CCN(Cc2ccccc2)CC1. The van der Waals surface area contributed by atoms with E-state index in [1.807, 2.05) is 12.1 Å². The van der Waals surface area contributed by atoms with E-state index in [4.69, 9.17) is 10.5 Å². The van der Waals surface area contributed by atoms with E-state index in [0.29, 0.717) is 19.6 Å². The van der Waals surface area contributed by atoms with Crippen molar-refractivity contribution in [2.75, 3.05) is 32.7 Å². The Morgan fingerprint density at radius 2 is 1.75 bits per heavy atom. The molecule has 2 heterocycles. The maximum atomic E-state index is 14.7. The van der Waals surface area contributed by atoms with Crippen molar-refractivity contribution < 1.29 is 18.3 Å². The predicted molar refractivity (Wildman–Crippen MR) is 136 cm³/mol. The molecule has 3 atom stereocenters. The van der Waals surface area contributed by atoms with Crippen LogP contribution in [-0.4, -0.2) is 60.9 Å². The smallest absolute Gasteiger partial charge is 0.404 e. The quantitative estimate of drug-likeness (QED) is 0.564. The Labute approximate surface area is 212 Å². The van der Waals surface area contributed by atoms with Gasteiger partial charge in [-0.2, -0.15) is 0 Å². The minimum atomic E-state index is -0.816. The number of alkyl halides is 1. The van der Waals surface area contributed by atoms with E-state index in [9.17, 15) is 13.6 Å². The molecule has 1 amide bonds. The van der Waals surface area contributed by atoms with Crippen molar-refractivity contribution >= 4 is 6.09 Å². The molecule has 2 saturated heterocycles. The van der Waals surface area contributed by atoms with Gasteiger partial charge < -0.3 is 10.5 Å². The Morgan fingerprint density at radius 3 is 2.42 bits per heavy atom. The van der Waals surface area contributed by atoms with E-state index in [1.165, 1.54) is 11.6 Å². The highest BCUT2D eigenvalue weighted by Crippen LogP contribution is 2.52. The van der Waals surface area contributed by atoms with E-state index < -0.39 is 17.7 Å². The summed E-state index contributed by atoms with van der Waals surface area (Å²) in [6, 6.07) is 17.4. The van der Waals surface area contributed by atoms with E-state index in [2.05, 4.69) is 34.1 Å². The van der Waals surface area contributed by atoms with Crippen molar-refractivity contribution in [1.82, 2.24) is 9.80 Å². The van der Waals surface area contributed by atoms with Crippen LogP contribution in [0, 0.1) is 17.7 Å². The topological polar surface area (TPSA) is 58.8 Å². The molecular formula is C29H37F2N3O2. The number of halogens is 2. The molecule has 3 fully saturated rings. The van der Waals surface area contributed by atoms with Gasteiger partial charge in [0.05, 0.1) is 0 Å². The molecule has 5 nitrogen and oxygen atoms in total. The van der Waals surface area contributed by atoms with E-state index in [-0.39, 0.29) is 23.8 Å². The molecular weight excluding hydrogens is 460 g/mol. The number of hydrogen-bond acceptors (Lipinski definition) is 4. The molecule has 2 N–H and O–H groups in total. The first-order valence-corrected chi connectivity index (χ1v) is 13.3. The van der Waals surface area contributed by atoms with Crippen molar-refractivity contribution in [2.45, 2.75) is 56.3 Å². The lowest BCUT2D eigenvalue weighted by atomic mass is 9.58. The summed E-state index contributed by atoms with van der Waals surface area (Å²) in [4.78, 5) is 16.5. The average Bonchev–Trinajstić information content (AvgIpc) is 3.30. The van der Waals surface area contributed by atoms with Crippen molar-refractivity contribution in [3.63, 3.8) is 0 Å². The van der Waals surface area contributed by atoms with Crippen LogP contribution < -0.4 is 5.73 Å². The normalized spacial score (nSPS) is 25.8. The molecule has 2 aliphatic heterocycles. The van der Waals surface area contributed by atoms with Crippen LogP contribution in [0.25, 0.3) is 0 Å². The third-order valence-electron chi connectivity index (χ3n) is 8.71. The molecule has 1 unspecified atom stereocenters. The number of primary amides is 1. The number of piperidine rings is 1. The molecule has 36 heavy (non-hydrogen) atoms. The number of likely N-dealkylation sites (tertiary alicyclic amines) is 2. The van der Waals surface area contributed by atoms with Gasteiger partial charge in [-0.25, -0.2) is 13.6 Å². The van der Waals surface area contributed by atoms with Crippen LogP contribution in [-0.2, 0) is 16.7 Å². The minimum absolute atomic E-state index is 0.0103. The molecule has 3 aliphatic rings. The lowest BCUT2D eigenvalue weighted by Crippen LogP contribution is -2.60. The second kappa shape index (κ2) is 10.9. The molecule has 7 heteroatoms. The molecule has 0 spiro atoms. The molecule has 2 aromatic rings.